The SMILES string of the molecule is CCNC(=O)N(C)Cc1cnn(C)c1. The van der Waals surface area contributed by atoms with Gasteiger partial charge in [-0.2, -0.15) is 5.10 Å². The van der Waals surface area contributed by atoms with Crippen LogP contribution in [0, 0.1) is 0 Å². The van der Waals surface area contributed by atoms with Crippen molar-refractivity contribution in [1.29, 1.82) is 0 Å². The fourth-order valence-electron chi connectivity index (χ4n) is 1.19. The van der Waals surface area contributed by atoms with Crippen molar-refractivity contribution in [2.75, 3.05) is 13.6 Å². The molecule has 1 heterocycles. The van der Waals surface area contributed by atoms with Gasteiger partial charge in [-0.25, -0.2) is 4.79 Å². The van der Waals surface area contributed by atoms with Crippen LogP contribution < -0.4 is 5.32 Å². The molecule has 0 saturated carbocycles. The number of rotatable bonds is 3. The third-order valence-corrected chi connectivity index (χ3v) is 1.85. The van der Waals surface area contributed by atoms with Gasteiger partial charge in [-0.3, -0.25) is 4.68 Å². The van der Waals surface area contributed by atoms with Crippen molar-refractivity contribution in [2.24, 2.45) is 7.05 Å². The molecule has 2 amide bonds. The maximum absolute atomic E-state index is 11.3. The highest BCUT2D eigenvalue weighted by atomic mass is 16.2. The van der Waals surface area contributed by atoms with Crippen LogP contribution in [-0.2, 0) is 13.6 Å². The summed E-state index contributed by atoms with van der Waals surface area (Å²) in [4.78, 5) is 13.0. The summed E-state index contributed by atoms with van der Waals surface area (Å²) in [7, 11) is 3.62. The summed E-state index contributed by atoms with van der Waals surface area (Å²) in [5.41, 5.74) is 1.03. The first kappa shape index (κ1) is 10.6. The molecule has 1 aromatic heterocycles. The minimum atomic E-state index is -0.0589. The van der Waals surface area contributed by atoms with Gasteiger partial charge in [0.15, 0.2) is 0 Å². The summed E-state index contributed by atoms with van der Waals surface area (Å²) in [6, 6.07) is -0.0589. The van der Waals surface area contributed by atoms with E-state index in [0.717, 1.165) is 5.56 Å². The minimum Gasteiger partial charge on any atom is -0.338 e. The number of hydrogen-bond donors (Lipinski definition) is 1. The Balaban J connectivity index is 2.48. The predicted molar refractivity (Wildman–Crippen MR) is 53.7 cm³/mol. The molecule has 0 aromatic carbocycles. The van der Waals surface area contributed by atoms with E-state index in [0.29, 0.717) is 13.1 Å². The van der Waals surface area contributed by atoms with Gasteiger partial charge < -0.3 is 10.2 Å². The lowest BCUT2D eigenvalue weighted by Crippen LogP contribution is -2.36. The number of amides is 2. The maximum atomic E-state index is 11.3. The maximum Gasteiger partial charge on any atom is 0.317 e. The van der Waals surface area contributed by atoms with E-state index in [2.05, 4.69) is 10.4 Å². The van der Waals surface area contributed by atoms with E-state index in [-0.39, 0.29) is 6.03 Å². The van der Waals surface area contributed by atoms with Crippen molar-refractivity contribution in [3.8, 4) is 0 Å². The number of nitrogens with zero attached hydrogens (tertiary/aromatic N) is 3. The van der Waals surface area contributed by atoms with Crippen molar-refractivity contribution < 1.29 is 4.79 Å². The molecule has 5 nitrogen and oxygen atoms in total. The highest BCUT2D eigenvalue weighted by molar-refractivity contribution is 5.73. The van der Waals surface area contributed by atoms with E-state index in [1.807, 2.05) is 20.2 Å². The van der Waals surface area contributed by atoms with E-state index in [1.165, 1.54) is 0 Å². The number of urea groups is 1. The molecule has 5 heteroatoms. The Morgan fingerprint density at radius 2 is 2.43 bits per heavy atom. The van der Waals surface area contributed by atoms with Crippen LogP contribution in [0.2, 0.25) is 0 Å². The van der Waals surface area contributed by atoms with E-state index < -0.39 is 0 Å². The van der Waals surface area contributed by atoms with Crippen LogP contribution in [0.3, 0.4) is 0 Å². The molecule has 0 aliphatic heterocycles. The molecule has 0 atom stereocenters. The second-order valence-corrected chi connectivity index (χ2v) is 3.21. The number of nitrogens with one attached hydrogen (secondary N) is 1. The number of carbonyl (C=O) groups is 1. The molecule has 0 aliphatic carbocycles. The molecular formula is C9H16N4O. The van der Waals surface area contributed by atoms with Crippen LogP contribution in [0.15, 0.2) is 12.4 Å². The number of aryl methyl sites for hydroxylation is 1. The molecule has 1 N–H and O–H groups in total. The molecule has 0 aliphatic rings. The van der Waals surface area contributed by atoms with Crippen molar-refractivity contribution in [2.45, 2.75) is 13.5 Å². The fraction of sp³-hybridized carbons (Fsp3) is 0.556. The summed E-state index contributed by atoms with van der Waals surface area (Å²) >= 11 is 0. The average Bonchev–Trinajstić information content (AvgIpc) is 2.51. The second-order valence-electron chi connectivity index (χ2n) is 3.21. The molecule has 1 rings (SSSR count). The van der Waals surface area contributed by atoms with Gasteiger partial charge in [-0.05, 0) is 6.92 Å². The molecular weight excluding hydrogens is 180 g/mol. The zero-order valence-electron chi connectivity index (χ0n) is 8.82. The van der Waals surface area contributed by atoms with Crippen molar-refractivity contribution in [3.63, 3.8) is 0 Å². The van der Waals surface area contributed by atoms with Gasteiger partial charge in [0.2, 0.25) is 0 Å². The first-order valence-corrected chi connectivity index (χ1v) is 4.60. The van der Waals surface area contributed by atoms with Gasteiger partial charge in [0.05, 0.1) is 12.7 Å². The summed E-state index contributed by atoms with van der Waals surface area (Å²) in [5, 5.41) is 6.77. The van der Waals surface area contributed by atoms with Gasteiger partial charge >= 0.3 is 6.03 Å². The zero-order chi connectivity index (χ0) is 10.6. The Morgan fingerprint density at radius 3 is 2.93 bits per heavy atom. The van der Waals surface area contributed by atoms with E-state index in [1.54, 1.807) is 22.8 Å². The number of aromatic nitrogens is 2. The first-order valence-electron chi connectivity index (χ1n) is 4.60. The van der Waals surface area contributed by atoms with E-state index >= 15 is 0 Å². The summed E-state index contributed by atoms with van der Waals surface area (Å²) in [5.74, 6) is 0. The molecule has 78 valence electrons. The van der Waals surface area contributed by atoms with Crippen LogP contribution >= 0.6 is 0 Å². The molecule has 0 radical (unpaired) electrons. The molecule has 0 unspecified atom stereocenters. The highest BCUT2D eigenvalue weighted by Crippen LogP contribution is 2.00. The Labute approximate surface area is 83.7 Å². The van der Waals surface area contributed by atoms with Crippen molar-refractivity contribution in [1.82, 2.24) is 20.0 Å². The van der Waals surface area contributed by atoms with Crippen molar-refractivity contribution in [3.05, 3.63) is 18.0 Å². The molecule has 0 fully saturated rings. The minimum absolute atomic E-state index is 0.0589. The van der Waals surface area contributed by atoms with Crippen LogP contribution in [0.25, 0.3) is 0 Å². The largest absolute Gasteiger partial charge is 0.338 e. The molecule has 0 spiro atoms. The monoisotopic (exact) mass is 196 g/mol. The topological polar surface area (TPSA) is 50.2 Å². The van der Waals surface area contributed by atoms with Gasteiger partial charge in [-0.1, -0.05) is 0 Å². The van der Waals surface area contributed by atoms with E-state index in [9.17, 15) is 4.79 Å². The van der Waals surface area contributed by atoms with Gasteiger partial charge in [0, 0.05) is 32.4 Å². The zero-order valence-corrected chi connectivity index (χ0v) is 8.82. The quantitative estimate of drug-likeness (QED) is 0.768. The smallest absolute Gasteiger partial charge is 0.317 e. The summed E-state index contributed by atoms with van der Waals surface area (Å²) in [6.07, 6.45) is 3.66. The van der Waals surface area contributed by atoms with Gasteiger partial charge in [0.25, 0.3) is 0 Å². The standard InChI is InChI=1S/C9H16N4O/c1-4-10-9(14)12(2)6-8-5-11-13(3)7-8/h5,7H,4,6H2,1-3H3,(H,10,14). The van der Waals surface area contributed by atoms with E-state index in [4.69, 9.17) is 0 Å². The third kappa shape index (κ3) is 2.76. The summed E-state index contributed by atoms with van der Waals surface area (Å²) < 4.78 is 1.72. The Hall–Kier alpha value is -1.52. The predicted octanol–water partition coefficient (Wildman–Crippen LogP) is 0.581. The lowest BCUT2D eigenvalue weighted by molar-refractivity contribution is 0.207. The highest BCUT2D eigenvalue weighted by Gasteiger charge is 2.07. The van der Waals surface area contributed by atoms with Crippen LogP contribution in [0.4, 0.5) is 4.79 Å². The molecule has 0 bridgehead atoms. The lowest BCUT2D eigenvalue weighted by atomic mass is 10.3. The Morgan fingerprint density at radius 1 is 1.71 bits per heavy atom. The van der Waals surface area contributed by atoms with Gasteiger partial charge in [-0.15, -0.1) is 0 Å². The normalized spacial score (nSPS) is 9.93. The second kappa shape index (κ2) is 4.64. The molecule has 0 saturated heterocycles. The van der Waals surface area contributed by atoms with Crippen LogP contribution in [0.5, 0.6) is 0 Å². The number of carbonyl (C=O) groups excluding carboxylic acids is 1. The van der Waals surface area contributed by atoms with Gasteiger partial charge in [0.1, 0.15) is 0 Å². The molecule has 1 aromatic rings. The molecule has 14 heavy (non-hydrogen) atoms. The lowest BCUT2D eigenvalue weighted by Gasteiger charge is -2.15. The average molecular weight is 196 g/mol. The fourth-order valence-corrected chi connectivity index (χ4v) is 1.19. The summed E-state index contributed by atoms with van der Waals surface area (Å²) in [6.45, 7) is 3.13. The van der Waals surface area contributed by atoms with Crippen molar-refractivity contribution >= 4 is 6.03 Å². The van der Waals surface area contributed by atoms with Crippen LogP contribution in [0.1, 0.15) is 12.5 Å². The van der Waals surface area contributed by atoms with Crippen LogP contribution in [-0.4, -0.2) is 34.3 Å². The first-order chi connectivity index (χ1) is 6.63. The third-order valence-electron chi connectivity index (χ3n) is 1.85. The Bertz CT molecular complexity index is 308. The Kier molecular flexibility index (Phi) is 3.50. The number of hydrogen-bond acceptors (Lipinski definition) is 2.